The first-order chi connectivity index (χ1) is 13.7. The summed E-state index contributed by atoms with van der Waals surface area (Å²) in [4.78, 5) is 20.1. The van der Waals surface area contributed by atoms with Gasteiger partial charge in [0.05, 0.1) is 11.0 Å². The monoisotopic (exact) mass is 375 g/mol. The van der Waals surface area contributed by atoms with E-state index in [9.17, 15) is 4.79 Å². The summed E-state index contributed by atoms with van der Waals surface area (Å²) < 4.78 is 3.88. The minimum Gasteiger partial charge on any atom is -0.306 e. The Morgan fingerprint density at radius 2 is 2.11 bits per heavy atom. The van der Waals surface area contributed by atoms with Gasteiger partial charge >= 0.3 is 5.69 Å². The fraction of sp³-hybridized carbons (Fsp3) is 0.400. The standard InChI is InChI=1S/C20H21N7O/c1-11-8-13(11)10-26-19(23-18(25-26)15-6-7-21-24-15)12-2-5-17-16(9-12)22-20(28)27(17)14-3-4-14/h2,5-7,9,11,13-14H,3-4,8,10H2,1H3,(H,21,24)(H,22,28). The maximum Gasteiger partial charge on any atom is 0.326 e. The molecular weight excluding hydrogens is 354 g/mol. The van der Waals surface area contributed by atoms with E-state index in [1.165, 1.54) is 6.42 Å². The SMILES string of the molecule is CC1CC1Cn1nc(-c2ccn[nH]2)nc1-c1ccc2c(c1)[nH]c(=O)n2C1CC1. The highest BCUT2D eigenvalue weighted by atomic mass is 16.1. The second-order valence-electron chi connectivity index (χ2n) is 8.15. The van der Waals surface area contributed by atoms with Crippen LogP contribution in [0.25, 0.3) is 33.9 Å². The Hall–Kier alpha value is -3.16. The van der Waals surface area contributed by atoms with Crippen LogP contribution in [0.3, 0.4) is 0 Å². The fourth-order valence-corrected chi connectivity index (χ4v) is 4.02. The number of hydrogen-bond donors (Lipinski definition) is 2. The summed E-state index contributed by atoms with van der Waals surface area (Å²) >= 11 is 0. The van der Waals surface area contributed by atoms with Gasteiger partial charge < -0.3 is 4.98 Å². The van der Waals surface area contributed by atoms with E-state index in [4.69, 9.17) is 10.1 Å². The second kappa shape index (κ2) is 5.67. The molecular formula is C20H21N7O. The maximum absolute atomic E-state index is 12.3. The Labute approximate surface area is 160 Å². The molecule has 2 saturated carbocycles. The first kappa shape index (κ1) is 15.9. The summed E-state index contributed by atoms with van der Waals surface area (Å²) in [5, 5.41) is 11.7. The molecule has 3 heterocycles. The Morgan fingerprint density at radius 3 is 2.82 bits per heavy atom. The zero-order valence-electron chi connectivity index (χ0n) is 15.6. The second-order valence-corrected chi connectivity index (χ2v) is 8.15. The van der Waals surface area contributed by atoms with E-state index < -0.39 is 0 Å². The Morgan fingerprint density at radius 1 is 1.25 bits per heavy atom. The molecule has 1 aromatic carbocycles. The largest absolute Gasteiger partial charge is 0.326 e. The van der Waals surface area contributed by atoms with Gasteiger partial charge in [-0.2, -0.15) is 5.10 Å². The van der Waals surface area contributed by atoms with Crippen LogP contribution in [0.2, 0.25) is 0 Å². The normalized spacial score (nSPS) is 21.5. The summed E-state index contributed by atoms with van der Waals surface area (Å²) in [6.45, 7) is 3.13. The number of nitrogens with one attached hydrogen (secondary N) is 2. The average Bonchev–Trinajstić information content (AvgIpc) is 3.44. The third-order valence-corrected chi connectivity index (χ3v) is 5.98. The summed E-state index contributed by atoms with van der Waals surface area (Å²) in [5.74, 6) is 2.85. The summed E-state index contributed by atoms with van der Waals surface area (Å²) in [5.41, 5.74) is 3.56. The van der Waals surface area contributed by atoms with E-state index >= 15 is 0 Å². The van der Waals surface area contributed by atoms with Crippen molar-refractivity contribution in [2.45, 2.75) is 38.8 Å². The summed E-state index contributed by atoms with van der Waals surface area (Å²) in [7, 11) is 0. The van der Waals surface area contributed by atoms with Crippen LogP contribution in [-0.2, 0) is 6.54 Å². The molecule has 0 radical (unpaired) electrons. The van der Waals surface area contributed by atoms with Gasteiger partial charge in [-0.15, -0.1) is 5.10 Å². The number of imidazole rings is 1. The molecule has 0 amide bonds. The van der Waals surface area contributed by atoms with Gasteiger partial charge in [0.2, 0.25) is 0 Å². The molecule has 3 aromatic heterocycles. The Balaban J connectivity index is 1.46. The molecule has 0 bridgehead atoms. The molecule has 2 unspecified atom stereocenters. The number of aromatic amines is 2. The van der Waals surface area contributed by atoms with Crippen molar-refractivity contribution in [3.05, 3.63) is 40.9 Å². The fourth-order valence-electron chi connectivity index (χ4n) is 4.02. The number of fused-ring (bicyclic) bond motifs is 1. The minimum atomic E-state index is -0.0268. The molecule has 28 heavy (non-hydrogen) atoms. The van der Waals surface area contributed by atoms with Crippen molar-refractivity contribution in [3.63, 3.8) is 0 Å². The lowest BCUT2D eigenvalue weighted by molar-refractivity contribution is 0.545. The van der Waals surface area contributed by atoms with E-state index in [0.29, 0.717) is 17.8 Å². The number of aromatic nitrogens is 7. The quantitative estimate of drug-likeness (QED) is 0.560. The maximum atomic E-state index is 12.3. The van der Waals surface area contributed by atoms with Crippen molar-refractivity contribution < 1.29 is 0 Å². The van der Waals surface area contributed by atoms with Crippen LogP contribution < -0.4 is 5.69 Å². The lowest BCUT2D eigenvalue weighted by atomic mass is 10.2. The highest BCUT2D eigenvalue weighted by Gasteiger charge is 2.34. The van der Waals surface area contributed by atoms with Crippen molar-refractivity contribution >= 4 is 11.0 Å². The molecule has 4 aromatic rings. The molecule has 2 aliphatic carbocycles. The smallest absolute Gasteiger partial charge is 0.306 e. The number of benzene rings is 1. The van der Waals surface area contributed by atoms with E-state index in [1.54, 1.807) is 6.20 Å². The lowest BCUT2D eigenvalue weighted by Crippen LogP contribution is -2.14. The molecule has 0 saturated heterocycles. The number of rotatable bonds is 5. The molecule has 2 aliphatic rings. The number of H-pyrrole nitrogens is 2. The van der Waals surface area contributed by atoms with Crippen molar-refractivity contribution in [2.24, 2.45) is 11.8 Å². The van der Waals surface area contributed by atoms with Gasteiger partial charge in [0.25, 0.3) is 0 Å². The van der Waals surface area contributed by atoms with Crippen LogP contribution in [0.15, 0.2) is 35.3 Å². The average molecular weight is 375 g/mol. The van der Waals surface area contributed by atoms with Crippen LogP contribution in [-0.4, -0.2) is 34.5 Å². The van der Waals surface area contributed by atoms with Gasteiger partial charge in [-0.1, -0.05) is 6.92 Å². The minimum absolute atomic E-state index is 0.0268. The highest BCUT2D eigenvalue weighted by Crippen LogP contribution is 2.40. The van der Waals surface area contributed by atoms with Gasteiger partial charge in [0.15, 0.2) is 11.6 Å². The van der Waals surface area contributed by atoms with Crippen molar-refractivity contribution in [1.29, 1.82) is 0 Å². The molecule has 142 valence electrons. The lowest BCUT2D eigenvalue weighted by Gasteiger charge is -2.06. The molecule has 0 aliphatic heterocycles. The third-order valence-electron chi connectivity index (χ3n) is 5.98. The first-order valence-corrected chi connectivity index (χ1v) is 9.86. The van der Waals surface area contributed by atoms with Crippen molar-refractivity contribution in [1.82, 2.24) is 34.5 Å². The molecule has 8 nitrogen and oxygen atoms in total. The van der Waals surface area contributed by atoms with Gasteiger partial charge in [-0.3, -0.25) is 9.67 Å². The zero-order chi connectivity index (χ0) is 18.8. The van der Waals surface area contributed by atoms with E-state index in [2.05, 4.69) is 22.1 Å². The molecule has 2 N–H and O–H groups in total. The predicted molar refractivity (Wildman–Crippen MR) is 105 cm³/mol. The van der Waals surface area contributed by atoms with Crippen LogP contribution in [0.1, 0.15) is 32.2 Å². The van der Waals surface area contributed by atoms with Gasteiger partial charge in [0.1, 0.15) is 5.69 Å². The topological polar surface area (TPSA) is 97.2 Å². The molecule has 2 atom stereocenters. The Bertz CT molecular complexity index is 1230. The predicted octanol–water partition coefficient (Wildman–Crippen LogP) is 2.97. The molecule has 0 spiro atoms. The van der Waals surface area contributed by atoms with E-state index in [-0.39, 0.29) is 5.69 Å². The number of hydrogen-bond acceptors (Lipinski definition) is 4. The van der Waals surface area contributed by atoms with E-state index in [1.807, 2.05) is 33.5 Å². The molecule has 2 fully saturated rings. The van der Waals surface area contributed by atoms with Gasteiger partial charge in [-0.25, -0.2) is 14.5 Å². The van der Waals surface area contributed by atoms with Crippen molar-refractivity contribution in [2.75, 3.05) is 0 Å². The molecule has 6 rings (SSSR count). The van der Waals surface area contributed by atoms with Crippen LogP contribution in [0.4, 0.5) is 0 Å². The zero-order valence-corrected chi connectivity index (χ0v) is 15.6. The summed E-state index contributed by atoms with van der Waals surface area (Å²) in [6, 6.07) is 8.31. The van der Waals surface area contributed by atoms with Gasteiger partial charge in [-0.05, 0) is 55.4 Å². The van der Waals surface area contributed by atoms with E-state index in [0.717, 1.165) is 53.4 Å². The number of nitrogens with zero attached hydrogens (tertiary/aromatic N) is 5. The van der Waals surface area contributed by atoms with Gasteiger partial charge in [0, 0.05) is 24.3 Å². The first-order valence-electron chi connectivity index (χ1n) is 9.86. The van der Waals surface area contributed by atoms with Crippen LogP contribution in [0, 0.1) is 11.8 Å². The summed E-state index contributed by atoms with van der Waals surface area (Å²) in [6.07, 6.45) is 5.09. The molecule has 8 heteroatoms. The van der Waals surface area contributed by atoms with Crippen LogP contribution in [0.5, 0.6) is 0 Å². The highest BCUT2D eigenvalue weighted by molar-refractivity contribution is 5.81. The Kier molecular flexibility index (Phi) is 3.21. The third kappa shape index (κ3) is 2.51. The van der Waals surface area contributed by atoms with Crippen molar-refractivity contribution in [3.8, 4) is 22.9 Å². The van der Waals surface area contributed by atoms with Crippen LogP contribution >= 0.6 is 0 Å².